The SMILES string of the molecule is CC(C)COc1ccc(/C=N/NC(=O)CCSc2ccc(Cl)cc2)cc1. The van der Waals surface area contributed by atoms with Crippen LogP contribution in [-0.4, -0.2) is 24.5 Å². The summed E-state index contributed by atoms with van der Waals surface area (Å²) < 4.78 is 5.63. The normalized spacial score (nSPS) is 11.1. The Morgan fingerprint density at radius 1 is 1.19 bits per heavy atom. The molecule has 2 rings (SSSR count). The van der Waals surface area contributed by atoms with E-state index >= 15 is 0 Å². The third kappa shape index (κ3) is 7.93. The smallest absolute Gasteiger partial charge is 0.240 e. The first kappa shape index (κ1) is 20.3. The molecule has 0 aliphatic carbocycles. The quantitative estimate of drug-likeness (QED) is 0.372. The predicted octanol–water partition coefficient (Wildman–Crippen LogP) is 5.01. The van der Waals surface area contributed by atoms with E-state index in [4.69, 9.17) is 16.3 Å². The molecular weight excluding hydrogens is 368 g/mol. The summed E-state index contributed by atoms with van der Waals surface area (Å²) in [5.74, 6) is 1.90. The number of carbonyl (C=O) groups excluding carboxylic acids is 1. The fourth-order valence-electron chi connectivity index (χ4n) is 1.94. The Hall–Kier alpha value is -1.98. The molecule has 0 aliphatic heterocycles. The van der Waals surface area contributed by atoms with Crippen molar-refractivity contribution < 1.29 is 9.53 Å². The average Bonchev–Trinajstić information content (AvgIpc) is 2.63. The van der Waals surface area contributed by atoms with Gasteiger partial charge in [-0.2, -0.15) is 5.10 Å². The number of hydrogen-bond donors (Lipinski definition) is 1. The average molecular weight is 391 g/mol. The molecule has 0 heterocycles. The zero-order valence-electron chi connectivity index (χ0n) is 14.9. The fourth-order valence-corrected chi connectivity index (χ4v) is 2.92. The van der Waals surface area contributed by atoms with Crippen LogP contribution >= 0.6 is 23.4 Å². The van der Waals surface area contributed by atoms with E-state index in [2.05, 4.69) is 24.4 Å². The first-order chi connectivity index (χ1) is 12.5. The van der Waals surface area contributed by atoms with Crippen LogP contribution in [0.1, 0.15) is 25.8 Å². The van der Waals surface area contributed by atoms with Crippen LogP contribution in [0.5, 0.6) is 5.75 Å². The third-order valence-electron chi connectivity index (χ3n) is 3.28. The van der Waals surface area contributed by atoms with E-state index in [1.807, 2.05) is 48.5 Å². The van der Waals surface area contributed by atoms with E-state index in [-0.39, 0.29) is 5.91 Å². The standard InChI is InChI=1S/C20H23ClN2O2S/c1-15(2)14-25-18-7-3-16(4-8-18)13-22-23-20(24)11-12-26-19-9-5-17(21)6-10-19/h3-10,13,15H,11-12,14H2,1-2H3,(H,23,24)/b22-13+. The summed E-state index contributed by atoms with van der Waals surface area (Å²) in [5, 5.41) is 4.70. The third-order valence-corrected chi connectivity index (χ3v) is 4.54. The number of amides is 1. The lowest BCUT2D eigenvalue weighted by Gasteiger charge is -2.08. The van der Waals surface area contributed by atoms with Gasteiger partial charge in [-0.25, -0.2) is 5.43 Å². The number of nitrogens with zero attached hydrogens (tertiary/aromatic N) is 1. The Kier molecular flexibility index (Phi) is 8.51. The Morgan fingerprint density at radius 2 is 1.88 bits per heavy atom. The minimum absolute atomic E-state index is 0.111. The molecule has 1 N–H and O–H groups in total. The predicted molar refractivity (Wildman–Crippen MR) is 109 cm³/mol. The largest absolute Gasteiger partial charge is 0.493 e. The van der Waals surface area contributed by atoms with Gasteiger partial charge in [0.25, 0.3) is 0 Å². The van der Waals surface area contributed by atoms with E-state index < -0.39 is 0 Å². The molecule has 2 aromatic rings. The van der Waals surface area contributed by atoms with Gasteiger partial charge in [0, 0.05) is 22.1 Å². The van der Waals surface area contributed by atoms with E-state index in [1.54, 1.807) is 18.0 Å². The monoisotopic (exact) mass is 390 g/mol. The molecular formula is C20H23ClN2O2S. The molecule has 0 aliphatic rings. The van der Waals surface area contributed by atoms with Gasteiger partial charge in [0.2, 0.25) is 5.91 Å². The maximum atomic E-state index is 11.8. The highest BCUT2D eigenvalue weighted by molar-refractivity contribution is 7.99. The molecule has 0 radical (unpaired) electrons. The van der Waals surface area contributed by atoms with E-state index in [0.717, 1.165) is 16.2 Å². The first-order valence-corrected chi connectivity index (χ1v) is 9.82. The van der Waals surface area contributed by atoms with E-state index in [1.165, 1.54) is 0 Å². The molecule has 0 fully saturated rings. The second-order valence-corrected chi connectivity index (χ2v) is 7.72. The highest BCUT2D eigenvalue weighted by Crippen LogP contribution is 2.20. The van der Waals surface area contributed by atoms with Crippen molar-refractivity contribution in [3.63, 3.8) is 0 Å². The van der Waals surface area contributed by atoms with Crippen molar-refractivity contribution in [3.05, 3.63) is 59.1 Å². The van der Waals surface area contributed by atoms with E-state index in [0.29, 0.717) is 29.7 Å². The summed E-state index contributed by atoms with van der Waals surface area (Å²) in [6.07, 6.45) is 2.02. The maximum absolute atomic E-state index is 11.8. The van der Waals surface area contributed by atoms with Crippen LogP contribution in [0.3, 0.4) is 0 Å². The lowest BCUT2D eigenvalue weighted by atomic mass is 10.2. The highest BCUT2D eigenvalue weighted by atomic mass is 35.5. The van der Waals surface area contributed by atoms with Gasteiger partial charge in [-0.3, -0.25) is 4.79 Å². The molecule has 0 spiro atoms. The van der Waals surface area contributed by atoms with Crippen LogP contribution < -0.4 is 10.2 Å². The van der Waals surface area contributed by atoms with Gasteiger partial charge < -0.3 is 4.74 Å². The zero-order valence-corrected chi connectivity index (χ0v) is 16.5. The molecule has 0 atom stereocenters. The Bertz CT molecular complexity index is 716. The number of thioether (sulfide) groups is 1. The second-order valence-electron chi connectivity index (χ2n) is 6.12. The summed E-state index contributed by atoms with van der Waals surface area (Å²) in [6.45, 7) is 4.91. The number of hydrazone groups is 1. The van der Waals surface area contributed by atoms with Gasteiger partial charge in [-0.15, -0.1) is 11.8 Å². The van der Waals surface area contributed by atoms with Crippen LogP contribution in [0, 0.1) is 5.92 Å². The molecule has 0 bridgehead atoms. The Morgan fingerprint density at radius 3 is 2.54 bits per heavy atom. The minimum atomic E-state index is -0.111. The van der Waals surface area contributed by atoms with Crippen molar-refractivity contribution in [2.75, 3.05) is 12.4 Å². The molecule has 138 valence electrons. The lowest BCUT2D eigenvalue weighted by molar-refractivity contribution is -0.120. The first-order valence-electron chi connectivity index (χ1n) is 8.46. The summed E-state index contributed by atoms with van der Waals surface area (Å²) in [7, 11) is 0. The summed E-state index contributed by atoms with van der Waals surface area (Å²) in [4.78, 5) is 12.9. The van der Waals surface area contributed by atoms with Gasteiger partial charge >= 0.3 is 0 Å². The van der Waals surface area contributed by atoms with Crippen LogP contribution in [0.15, 0.2) is 58.5 Å². The van der Waals surface area contributed by atoms with Crippen molar-refractivity contribution in [2.45, 2.75) is 25.2 Å². The molecule has 0 saturated carbocycles. The maximum Gasteiger partial charge on any atom is 0.240 e. The van der Waals surface area contributed by atoms with Gasteiger partial charge in [0.15, 0.2) is 0 Å². The van der Waals surface area contributed by atoms with Crippen molar-refractivity contribution >= 4 is 35.5 Å². The number of benzene rings is 2. The molecule has 0 aromatic heterocycles. The number of hydrogen-bond acceptors (Lipinski definition) is 4. The Balaban J connectivity index is 1.68. The van der Waals surface area contributed by atoms with Gasteiger partial charge in [-0.05, 0) is 60.0 Å². The van der Waals surface area contributed by atoms with Gasteiger partial charge in [-0.1, -0.05) is 25.4 Å². The molecule has 2 aromatic carbocycles. The van der Waals surface area contributed by atoms with Crippen LogP contribution in [-0.2, 0) is 4.79 Å². The number of rotatable bonds is 9. The van der Waals surface area contributed by atoms with Crippen molar-refractivity contribution in [1.29, 1.82) is 0 Å². The zero-order chi connectivity index (χ0) is 18.8. The summed E-state index contributed by atoms with van der Waals surface area (Å²) in [6, 6.07) is 15.2. The summed E-state index contributed by atoms with van der Waals surface area (Å²) in [5.41, 5.74) is 3.45. The van der Waals surface area contributed by atoms with Crippen molar-refractivity contribution in [2.24, 2.45) is 11.0 Å². The van der Waals surface area contributed by atoms with E-state index in [9.17, 15) is 4.79 Å². The summed E-state index contributed by atoms with van der Waals surface area (Å²) >= 11 is 7.45. The number of halogens is 1. The molecule has 0 saturated heterocycles. The minimum Gasteiger partial charge on any atom is -0.493 e. The van der Waals surface area contributed by atoms with Gasteiger partial charge in [0.1, 0.15) is 5.75 Å². The van der Waals surface area contributed by atoms with Crippen LogP contribution in [0.4, 0.5) is 0 Å². The Labute approximate surface area is 164 Å². The van der Waals surface area contributed by atoms with Crippen molar-refractivity contribution in [1.82, 2.24) is 5.43 Å². The highest BCUT2D eigenvalue weighted by Gasteiger charge is 2.01. The molecule has 4 nitrogen and oxygen atoms in total. The van der Waals surface area contributed by atoms with Crippen LogP contribution in [0.25, 0.3) is 0 Å². The van der Waals surface area contributed by atoms with Gasteiger partial charge in [0.05, 0.1) is 12.8 Å². The second kappa shape index (κ2) is 10.9. The fraction of sp³-hybridized carbons (Fsp3) is 0.300. The lowest BCUT2D eigenvalue weighted by Crippen LogP contribution is -2.17. The molecule has 1 amide bonds. The van der Waals surface area contributed by atoms with Crippen molar-refractivity contribution in [3.8, 4) is 5.75 Å². The number of ether oxygens (including phenoxy) is 1. The van der Waals surface area contributed by atoms with Crippen LogP contribution in [0.2, 0.25) is 5.02 Å². The number of nitrogens with one attached hydrogen (secondary N) is 1. The molecule has 0 unspecified atom stereocenters. The molecule has 26 heavy (non-hydrogen) atoms. The topological polar surface area (TPSA) is 50.7 Å². The number of carbonyl (C=O) groups is 1. The molecule has 6 heteroatoms.